The van der Waals surface area contributed by atoms with Crippen LogP contribution in [-0.4, -0.2) is 6.26 Å². The van der Waals surface area contributed by atoms with Gasteiger partial charge in [0.1, 0.15) is 0 Å². The van der Waals surface area contributed by atoms with Crippen molar-refractivity contribution in [2.45, 2.75) is 36.6 Å². The molecule has 1 nitrogen and oxygen atoms in total. The fraction of sp³-hybridized carbons (Fsp3) is 0.500. The molecule has 2 heteroatoms. The van der Waals surface area contributed by atoms with E-state index < -0.39 is 0 Å². The summed E-state index contributed by atoms with van der Waals surface area (Å²) in [4.78, 5) is 1.36. The van der Waals surface area contributed by atoms with E-state index in [1.54, 1.807) is 11.8 Å². The molecule has 2 rings (SSSR count). The minimum absolute atomic E-state index is 0.0122. The van der Waals surface area contributed by atoms with E-state index in [2.05, 4.69) is 31.4 Å². The zero-order valence-electron chi connectivity index (χ0n) is 8.84. The number of hydrogen-bond donors (Lipinski definition) is 1. The molecule has 0 atom stereocenters. The molecule has 1 fully saturated rings. The van der Waals surface area contributed by atoms with E-state index in [0.29, 0.717) is 0 Å². The molecule has 1 aromatic rings. The monoisotopic (exact) mass is 207 g/mol. The van der Waals surface area contributed by atoms with Crippen molar-refractivity contribution in [3.8, 4) is 0 Å². The van der Waals surface area contributed by atoms with Gasteiger partial charge in [-0.2, -0.15) is 0 Å². The molecule has 0 spiro atoms. The second kappa shape index (κ2) is 3.59. The van der Waals surface area contributed by atoms with E-state index in [4.69, 9.17) is 5.73 Å². The molecule has 1 aliphatic rings. The summed E-state index contributed by atoms with van der Waals surface area (Å²) in [6, 6.07) is 6.64. The molecule has 0 aromatic heterocycles. The van der Waals surface area contributed by atoms with Gasteiger partial charge in [0.25, 0.3) is 0 Å². The average Bonchev–Trinajstić information content (AvgIpc) is 2.14. The number of nitrogens with two attached hydrogens (primary N) is 1. The first-order valence-electron chi connectivity index (χ1n) is 5.10. The molecular formula is C12H17NS. The summed E-state index contributed by atoms with van der Waals surface area (Å²) in [5, 5.41) is 0. The highest BCUT2D eigenvalue weighted by molar-refractivity contribution is 7.98. The van der Waals surface area contributed by atoms with Crippen molar-refractivity contribution in [2.24, 2.45) is 5.73 Å². The van der Waals surface area contributed by atoms with Gasteiger partial charge in [-0.3, -0.25) is 0 Å². The van der Waals surface area contributed by atoms with Crippen LogP contribution in [0, 0.1) is 6.92 Å². The van der Waals surface area contributed by atoms with Crippen LogP contribution in [0.4, 0.5) is 0 Å². The normalized spacial score (nSPS) is 19.1. The van der Waals surface area contributed by atoms with E-state index in [0.717, 1.165) is 12.8 Å². The van der Waals surface area contributed by atoms with Crippen molar-refractivity contribution >= 4 is 11.8 Å². The first-order valence-corrected chi connectivity index (χ1v) is 6.32. The molecule has 0 bridgehead atoms. The third kappa shape index (κ3) is 1.57. The van der Waals surface area contributed by atoms with E-state index >= 15 is 0 Å². The van der Waals surface area contributed by atoms with Crippen LogP contribution in [0.1, 0.15) is 30.4 Å². The second-order valence-electron chi connectivity index (χ2n) is 4.19. The number of benzene rings is 1. The molecule has 1 saturated carbocycles. The molecule has 0 aliphatic heterocycles. The number of thioether (sulfide) groups is 1. The third-order valence-corrected chi connectivity index (χ3v) is 4.11. The van der Waals surface area contributed by atoms with E-state index in [1.807, 2.05) is 0 Å². The van der Waals surface area contributed by atoms with Crippen LogP contribution in [-0.2, 0) is 5.54 Å². The maximum Gasteiger partial charge on any atom is 0.0409 e. The third-order valence-electron chi connectivity index (χ3n) is 3.22. The van der Waals surface area contributed by atoms with Crippen molar-refractivity contribution in [1.82, 2.24) is 0 Å². The Morgan fingerprint density at radius 1 is 1.36 bits per heavy atom. The fourth-order valence-electron chi connectivity index (χ4n) is 2.03. The number of hydrogen-bond acceptors (Lipinski definition) is 2. The summed E-state index contributed by atoms with van der Waals surface area (Å²) >= 11 is 1.80. The van der Waals surface area contributed by atoms with Gasteiger partial charge in [-0.25, -0.2) is 0 Å². The van der Waals surface area contributed by atoms with Crippen LogP contribution in [0.15, 0.2) is 23.1 Å². The smallest absolute Gasteiger partial charge is 0.0409 e. The van der Waals surface area contributed by atoms with Crippen molar-refractivity contribution in [2.75, 3.05) is 6.26 Å². The summed E-state index contributed by atoms with van der Waals surface area (Å²) in [7, 11) is 0. The van der Waals surface area contributed by atoms with Gasteiger partial charge in [0.15, 0.2) is 0 Å². The standard InChI is InChI=1S/C12H17NS/c1-9-8-10(4-5-11(9)14-2)12(13)6-3-7-12/h4-5,8H,3,6-7,13H2,1-2H3. The Bertz CT molecular complexity index is 342. The van der Waals surface area contributed by atoms with Gasteiger partial charge < -0.3 is 5.73 Å². The molecule has 0 radical (unpaired) electrons. The van der Waals surface area contributed by atoms with Crippen LogP contribution in [0.2, 0.25) is 0 Å². The Kier molecular flexibility index (Phi) is 2.58. The maximum atomic E-state index is 6.28. The Morgan fingerprint density at radius 2 is 2.07 bits per heavy atom. The molecule has 0 unspecified atom stereocenters. The summed E-state index contributed by atoms with van der Waals surface area (Å²) in [6.45, 7) is 2.16. The fourth-order valence-corrected chi connectivity index (χ4v) is 2.62. The predicted octanol–water partition coefficient (Wildman–Crippen LogP) is 3.05. The lowest BCUT2D eigenvalue weighted by atomic mass is 9.72. The van der Waals surface area contributed by atoms with Gasteiger partial charge >= 0.3 is 0 Å². The van der Waals surface area contributed by atoms with Gasteiger partial charge in [0, 0.05) is 10.4 Å². The average molecular weight is 207 g/mol. The SMILES string of the molecule is CSc1ccc(C2(N)CCC2)cc1C. The highest BCUT2D eigenvalue weighted by atomic mass is 32.2. The molecule has 0 heterocycles. The lowest BCUT2D eigenvalue weighted by Gasteiger charge is -2.39. The first-order chi connectivity index (χ1) is 6.65. The summed E-state index contributed by atoms with van der Waals surface area (Å²) in [5.74, 6) is 0. The Morgan fingerprint density at radius 3 is 2.50 bits per heavy atom. The van der Waals surface area contributed by atoms with Crippen LogP contribution in [0.3, 0.4) is 0 Å². The molecule has 2 N–H and O–H groups in total. The lowest BCUT2D eigenvalue weighted by molar-refractivity contribution is 0.253. The van der Waals surface area contributed by atoms with Crippen LogP contribution in [0.25, 0.3) is 0 Å². The van der Waals surface area contributed by atoms with Crippen molar-refractivity contribution < 1.29 is 0 Å². The van der Waals surface area contributed by atoms with Gasteiger partial charge in [-0.1, -0.05) is 12.1 Å². The minimum Gasteiger partial charge on any atom is -0.321 e. The van der Waals surface area contributed by atoms with Gasteiger partial charge in [-0.05, 0) is 49.6 Å². The zero-order valence-corrected chi connectivity index (χ0v) is 9.66. The molecule has 0 saturated heterocycles. The van der Waals surface area contributed by atoms with Crippen LogP contribution in [0.5, 0.6) is 0 Å². The number of aryl methyl sites for hydroxylation is 1. The minimum atomic E-state index is -0.0122. The Hall–Kier alpha value is -0.470. The number of rotatable bonds is 2. The van der Waals surface area contributed by atoms with Crippen molar-refractivity contribution in [1.29, 1.82) is 0 Å². The molecule has 76 valence electrons. The predicted molar refractivity (Wildman–Crippen MR) is 62.7 cm³/mol. The molecule has 1 aromatic carbocycles. The molecule has 1 aliphatic carbocycles. The Labute approximate surface area is 90.1 Å². The van der Waals surface area contributed by atoms with Crippen LogP contribution < -0.4 is 5.73 Å². The van der Waals surface area contributed by atoms with E-state index in [9.17, 15) is 0 Å². The van der Waals surface area contributed by atoms with Gasteiger partial charge in [0.05, 0.1) is 0 Å². The molecule has 0 amide bonds. The highest BCUT2D eigenvalue weighted by Crippen LogP contribution is 2.39. The van der Waals surface area contributed by atoms with E-state index in [1.165, 1.54) is 22.4 Å². The van der Waals surface area contributed by atoms with Gasteiger partial charge in [0.2, 0.25) is 0 Å². The lowest BCUT2D eigenvalue weighted by Crippen LogP contribution is -2.43. The van der Waals surface area contributed by atoms with Crippen LogP contribution >= 0.6 is 11.8 Å². The Balaban J connectivity index is 2.32. The maximum absolute atomic E-state index is 6.28. The summed E-state index contributed by atoms with van der Waals surface area (Å²) < 4.78 is 0. The largest absolute Gasteiger partial charge is 0.321 e. The zero-order chi connectivity index (χ0) is 10.2. The summed E-state index contributed by atoms with van der Waals surface area (Å²) in [6.07, 6.45) is 5.68. The first kappa shape index (κ1) is 10.1. The second-order valence-corrected chi connectivity index (χ2v) is 5.04. The molecular weight excluding hydrogens is 190 g/mol. The van der Waals surface area contributed by atoms with Crippen molar-refractivity contribution in [3.63, 3.8) is 0 Å². The van der Waals surface area contributed by atoms with E-state index in [-0.39, 0.29) is 5.54 Å². The summed E-state index contributed by atoms with van der Waals surface area (Å²) in [5.41, 5.74) is 8.94. The highest BCUT2D eigenvalue weighted by Gasteiger charge is 2.34. The van der Waals surface area contributed by atoms with Crippen molar-refractivity contribution in [3.05, 3.63) is 29.3 Å². The molecule has 14 heavy (non-hydrogen) atoms. The van der Waals surface area contributed by atoms with Gasteiger partial charge in [-0.15, -0.1) is 11.8 Å². The topological polar surface area (TPSA) is 26.0 Å². The quantitative estimate of drug-likeness (QED) is 0.754.